The van der Waals surface area contributed by atoms with Crippen molar-refractivity contribution in [3.63, 3.8) is 0 Å². The zero-order valence-corrected chi connectivity index (χ0v) is 30.7. The first-order chi connectivity index (χ1) is 23.8. The Balaban J connectivity index is 1.57. The summed E-state index contributed by atoms with van der Waals surface area (Å²) >= 11 is 3.98. The zero-order valence-electron chi connectivity index (χ0n) is 29.1. The van der Waals surface area contributed by atoms with Gasteiger partial charge in [0.15, 0.2) is 5.60 Å². The second kappa shape index (κ2) is 17.3. The minimum Gasteiger partial charge on any atom is -0.598 e. The lowest BCUT2D eigenvalue weighted by Gasteiger charge is -2.36. The summed E-state index contributed by atoms with van der Waals surface area (Å²) in [6.45, 7) is 10.4. The van der Waals surface area contributed by atoms with Crippen LogP contribution in [0, 0.1) is 17.2 Å². The van der Waals surface area contributed by atoms with E-state index in [2.05, 4.69) is 20.9 Å². The molecule has 14 heteroatoms. The van der Waals surface area contributed by atoms with Crippen LogP contribution in [-0.4, -0.2) is 73.2 Å². The Morgan fingerprint density at radius 3 is 2.70 bits per heavy atom. The van der Waals surface area contributed by atoms with Crippen LogP contribution in [0.5, 0.6) is 5.75 Å². The number of nitriles is 1. The van der Waals surface area contributed by atoms with Crippen molar-refractivity contribution in [3.05, 3.63) is 64.7 Å². The Bertz CT molecular complexity index is 1720. The maximum atomic E-state index is 14.1. The molecule has 0 saturated heterocycles. The lowest BCUT2D eigenvalue weighted by molar-refractivity contribution is -0.173. The van der Waals surface area contributed by atoms with Crippen molar-refractivity contribution in [2.45, 2.75) is 84.6 Å². The number of esters is 1. The monoisotopic (exact) mass is 725 g/mol. The summed E-state index contributed by atoms with van der Waals surface area (Å²) in [6.07, 6.45) is 2.91. The molecule has 3 aromatic rings. The van der Waals surface area contributed by atoms with E-state index in [0.717, 1.165) is 16.7 Å². The van der Waals surface area contributed by atoms with Gasteiger partial charge in [0.25, 0.3) is 11.8 Å². The average molecular weight is 726 g/mol. The number of benzene rings is 2. The summed E-state index contributed by atoms with van der Waals surface area (Å²) in [5.74, 6) is 0.0741. The fraction of sp³-hybridized carbons (Fsp3) is 0.472. The lowest BCUT2D eigenvalue weighted by atomic mass is 9.99. The van der Waals surface area contributed by atoms with E-state index in [1.165, 1.54) is 25.5 Å². The van der Waals surface area contributed by atoms with Gasteiger partial charge < -0.3 is 28.6 Å². The molecule has 0 aliphatic heterocycles. The molecular formula is C36H44ClN5O7S. The number of nitrogens with zero attached hydrogens (tertiary/aromatic N) is 4. The van der Waals surface area contributed by atoms with Gasteiger partial charge in [-0.1, -0.05) is 48.8 Å². The molecule has 0 fully saturated rings. The van der Waals surface area contributed by atoms with Crippen LogP contribution in [0.4, 0.5) is 0 Å². The first-order valence-electron chi connectivity index (χ1n) is 16.5. The van der Waals surface area contributed by atoms with Gasteiger partial charge in [-0.25, -0.2) is 0 Å². The standard InChI is InChI=1S/C36H44ClN5O7S/c1-22(2)19-29(41-50(46)18-8-15-37)34(44)48-36(5,6)35(45)42(16-17-43)30-13-12-26-27(30)9-7-10-28(26)32-39-33(49-40-32)24-11-14-31(47-23(3)4)25(20-24)21-38/h7-11,14-15,20,22-23,29-30,41,43H,12-13,16-19H2,1-6H3/b15-8+/t29-,30+,50?/m1/s1. The number of ether oxygens (including phenoxy) is 2. The Hall–Kier alpha value is -3.93. The highest BCUT2D eigenvalue weighted by Crippen LogP contribution is 2.41. The third-order valence-corrected chi connectivity index (χ3v) is 9.29. The number of nitrogens with one attached hydrogen (secondary N) is 1. The SMILES string of the molecule is CC(C)C[C@@H](N[S+]([O-])C/C=C/Cl)C(=O)OC(C)(C)C(=O)N(CCO)[C@H]1CCc2c(-c3noc(-c4ccc(OC(C)C)c(C#N)c4)n3)cccc21. The maximum absolute atomic E-state index is 14.1. The molecule has 0 radical (unpaired) electrons. The predicted octanol–water partition coefficient (Wildman–Crippen LogP) is 5.61. The summed E-state index contributed by atoms with van der Waals surface area (Å²) in [5, 5.41) is 23.9. The summed E-state index contributed by atoms with van der Waals surface area (Å²) < 4.78 is 32.5. The number of rotatable bonds is 16. The quantitative estimate of drug-likeness (QED) is 0.139. The Morgan fingerprint density at radius 1 is 1.28 bits per heavy atom. The first-order valence-corrected chi connectivity index (χ1v) is 18.3. The number of carbonyl (C=O) groups is 2. The van der Waals surface area contributed by atoms with Crippen molar-refractivity contribution in [1.29, 1.82) is 5.26 Å². The molecule has 1 amide bonds. The Morgan fingerprint density at radius 2 is 2.04 bits per heavy atom. The molecular weight excluding hydrogens is 682 g/mol. The second-order valence-corrected chi connectivity index (χ2v) is 14.7. The van der Waals surface area contributed by atoms with Crippen molar-refractivity contribution < 1.29 is 33.2 Å². The molecule has 1 aromatic heterocycles. The third-order valence-electron chi connectivity index (χ3n) is 8.07. The summed E-state index contributed by atoms with van der Waals surface area (Å²) in [7, 11) is 0. The maximum Gasteiger partial charge on any atom is 0.328 e. The lowest BCUT2D eigenvalue weighted by Crippen LogP contribution is -2.52. The number of fused-ring (bicyclic) bond motifs is 1. The molecule has 268 valence electrons. The van der Waals surface area contributed by atoms with Crippen LogP contribution in [0.15, 0.2) is 52.5 Å². The number of aliphatic hydroxyl groups excluding tert-OH is 1. The Kier molecular flexibility index (Phi) is 13.5. The molecule has 1 unspecified atom stereocenters. The highest BCUT2D eigenvalue weighted by molar-refractivity contribution is 7.89. The van der Waals surface area contributed by atoms with E-state index in [-0.39, 0.29) is 36.8 Å². The number of halogens is 1. The smallest absolute Gasteiger partial charge is 0.328 e. The summed E-state index contributed by atoms with van der Waals surface area (Å²) in [5.41, 5.74) is 3.12. The average Bonchev–Trinajstić information content (AvgIpc) is 3.73. The van der Waals surface area contributed by atoms with Crippen LogP contribution < -0.4 is 9.46 Å². The molecule has 0 saturated carbocycles. The van der Waals surface area contributed by atoms with Gasteiger partial charge >= 0.3 is 5.97 Å². The van der Waals surface area contributed by atoms with Crippen molar-refractivity contribution in [3.8, 4) is 34.7 Å². The van der Waals surface area contributed by atoms with Crippen LogP contribution in [0.1, 0.15) is 77.1 Å². The van der Waals surface area contributed by atoms with E-state index in [9.17, 15) is 24.5 Å². The fourth-order valence-corrected chi connectivity index (χ4v) is 7.01. The molecule has 50 heavy (non-hydrogen) atoms. The number of aliphatic hydroxyl groups is 1. The first kappa shape index (κ1) is 38.9. The fourth-order valence-electron chi connectivity index (χ4n) is 5.94. The van der Waals surface area contributed by atoms with E-state index < -0.39 is 40.9 Å². The summed E-state index contributed by atoms with van der Waals surface area (Å²) in [6, 6.07) is 11.6. The van der Waals surface area contributed by atoms with Gasteiger partial charge in [-0.15, -0.1) is 4.72 Å². The predicted molar refractivity (Wildman–Crippen MR) is 190 cm³/mol. The number of hydrogen-bond acceptors (Lipinski definition) is 11. The molecule has 2 N–H and O–H groups in total. The van der Waals surface area contributed by atoms with E-state index in [4.69, 9.17) is 25.6 Å². The Labute approximate surface area is 301 Å². The molecule has 1 aliphatic rings. The second-order valence-electron chi connectivity index (χ2n) is 13.2. The normalized spacial score (nSPS) is 15.6. The van der Waals surface area contributed by atoms with Crippen LogP contribution in [0.25, 0.3) is 22.8 Å². The number of hydrogen-bond donors (Lipinski definition) is 2. The number of carbonyl (C=O) groups excluding carboxylic acids is 2. The highest BCUT2D eigenvalue weighted by Gasteiger charge is 2.42. The van der Waals surface area contributed by atoms with Crippen molar-refractivity contribution >= 4 is 34.8 Å². The van der Waals surface area contributed by atoms with E-state index >= 15 is 0 Å². The van der Waals surface area contributed by atoms with E-state index in [1.54, 1.807) is 23.1 Å². The third kappa shape index (κ3) is 9.44. The number of aromatic nitrogens is 2. The van der Waals surface area contributed by atoms with Crippen molar-refractivity contribution in [1.82, 2.24) is 19.8 Å². The molecule has 3 atom stereocenters. The zero-order chi connectivity index (χ0) is 36.6. The van der Waals surface area contributed by atoms with Gasteiger partial charge in [0.05, 0.1) is 24.3 Å². The highest BCUT2D eigenvalue weighted by atomic mass is 35.5. The van der Waals surface area contributed by atoms with Crippen LogP contribution in [0.2, 0.25) is 0 Å². The van der Waals surface area contributed by atoms with Gasteiger partial charge in [-0.2, -0.15) is 10.2 Å². The molecule has 1 heterocycles. The van der Waals surface area contributed by atoms with Gasteiger partial charge in [0, 0.05) is 34.6 Å². The van der Waals surface area contributed by atoms with Gasteiger partial charge in [0.2, 0.25) is 5.82 Å². The van der Waals surface area contributed by atoms with Crippen LogP contribution in [-0.2, 0) is 32.1 Å². The summed E-state index contributed by atoms with van der Waals surface area (Å²) in [4.78, 5) is 33.7. The van der Waals surface area contributed by atoms with Crippen molar-refractivity contribution in [2.75, 3.05) is 18.9 Å². The minimum atomic E-state index is -1.60. The molecule has 2 aromatic carbocycles. The van der Waals surface area contributed by atoms with E-state index in [0.29, 0.717) is 42.0 Å². The van der Waals surface area contributed by atoms with Crippen LogP contribution >= 0.6 is 11.6 Å². The molecule has 1 aliphatic carbocycles. The minimum absolute atomic E-state index is 0.0146. The molecule has 0 spiro atoms. The van der Waals surface area contributed by atoms with Gasteiger partial charge in [-0.3, -0.25) is 9.59 Å². The van der Waals surface area contributed by atoms with E-state index in [1.807, 2.05) is 45.9 Å². The van der Waals surface area contributed by atoms with Crippen molar-refractivity contribution in [2.24, 2.45) is 5.92 Å². The van der Waals surface area contributed by atoms with Crippen LogP contribution in [0.3, 0.4) is 0 Å². The van der Waals surface area contributed by atoms with Gasteiger partial charge in [-0.05, 0) is 88.3 Å². The largest absolute Gasteiger partial charge is 0.598 e. The topological polar surface area (TPSA) is 174 Å². The molecule has 12 nitrogen and oxygen atoms in total. The molecule has 4 rings (SSSR count). The molecule has 0 bridgehead atoms. The van der Waals surface area contributed by atoms with Gasteiger partial charge in [0.1, 0.15) is 23.6 Å². The number of amides is 1.